The van der Waals surface area contributed by atoms with Crippen molar-refractivity contribution in [2.45, 2.75) is 69.6 Å². The normalized spacial score (nSPS) is 23.0. The van der Waals surface area contributed by atoms with Gasteiger partial charge in [-0.2, -0.15) is 0 Å². The van der Waals surface area contributed by atoms with Crippen molar-refractivity contribution >= 4 is 11.7 Å². The second-order valence-electron chi connectivity index (χ2n) is 9.41. The maximum atomic E-state index is 12.8. The van der Waals surface area contributed by atoms with Crippen LogP contribution in [-0.4, -0.2) is 49.2 Å². The van der Waals surface area contributed by atoms with Crippen molar-refractivity contribution in [1.29, 1.82) is 0 Å². The molecule has 6 nitrogen and oxygen atoms in total. The number of carbonyl (C=O) groups excluding carboxylic acids is 1. The van der Waals surface area contributed by atoms with Gasteiger partial charge in [0.15, 0.2) is 0 Å². The van der Waals surface area contributed by atoms with Crippen LogP contribution in [0.5, 0.6) is 0 Å². The molecule has 6 heteroatoms. The molecule has 4 rings (SSSR count). The average molecular weight is 451 g/mol. The number of ether oxygens (including phenoxy) is 3. The maximum Gasteiger partial charge on any atom is 0.218 e. The van der Waals surface area contributed by atoms with Gasteiger partial charge in [0.1, 0.15) is 11.9 Å². The monoisotopic (exact) mass is 450 g/mol. The lowest BCUT2D eigenvalue weighted by Crippen LogP contribution is -2.36. The van der Waals surface area contributed by atoms with Gasteiger partial charge in [-0.15, -0.1) is 0 Å². The molecule has 1 atom stereocenters. The molecule has 1 aromatic carbocycles. The lowest BCUT2D eigenvalue weighted by molar-refractivity contribution is -0.119. The van der Waals surface area contributed by atoms with Crippen LogP contribution in [0.25, 0.3) is 0 Å². The topological polar surface area (TPSA) is 70.0 Å². The van der Waals surface area contributed by atoms with Crippen LogP contribution in [0.1, 0.15) is 67.3 Å². The van der Waals surface area contributed by atoms with Crippen LogP contribution >= 0.6 is 0 Å². The highest BCUT2D eigenvalue weighted by Crippen LogP contribution is 2.33. The van der Waals surface area contributed by atoms with Gasteiger partial charge in [0.25, 0.3) is 0 Å². The van der Waals surface area contributed by atoms with Gasteiger partial charge in [-0.3, -0.25) is 9.78 Å². The molecule has 0 unspecified atom stereocenters. The summed E-state index contributed by atoms with van der Waals surface area (Å²) in [5.74, 6) is 0.898. The molecule has 0 radical (unpaired) electrons. The standard InChI is InChI=1S/C27H34N2O4/c1-27(32-3)11-9-24(10-12-27)33-26-25-17-28-22(13-20(25)16-29-26)15-23(30)14-21(18-31-2)19-7-5-4-6-8-19/h4-8,13,17,21,24H,9-12,14-16,18H2,1-3H3/t21-,24?,27?/m1/s1. The quantitative estimate of drug-likeness (QED) is 0.557. The maximum absolute atomic E-state index is 12.8. The number of nitrogens with zero attached hydrogens (tertiary/aromatic N) is 2. The van der Waals surface area contributed by atoms with Gasteiger partial charge in [-0.1, -0.05) is 30.3 Å². The van der Waals surface area contributed by atoms with Gasteiger partial charge in [0.05, 0.1) is 24.3 Å². The molecule has 2 heterocycles. The first-order chi connectivity index (χ1) is 16.0. The fraction of sp³-hybridized carbons (Fsp3) is 0.519. The first-order valence-corrected chi connectivity index (χ1v) is 11.8. The Morgan fingerprint density at radius 3 is 2.64 bits per heavy atom. The second-order valence-corrected chi connectivity index (χ2v) is 9.41. The highest BCUT2D eigenvalue weighted by atomic mass is 16.5. The molecule has 0 saturated heterocycles. The Hall–Kier alpha value is -2.57. The number of benzene rings is 1. The van der Waals surface area contributed by atoms with Crippen LogP contribution in [0.15, 0.2) is 47.6 Å². The van der Waals surface area contributed by atoms with Crippen molar-refractivity contribution in [2.75, 3.05) is 20.8 Å². The molecule has 0 spiro atoms. The Labute approximate surface area is 196 Å². The molecular formula is C27H34N2O4. The highest BCUT2D eigenvalue weighted by molar-refractivity contribution is 5.97. The number of methoxy groups -OCH3 is 2. The number of rotatable bonds is 9. The summed E-state index contributed by atoms with van der Waals surface area (Å²) >= 11 is 0. The van der Waals surface area contributed by atoms with Crippen molar-refractivity contribution in [3.8, 4) is 0 Å². The predicted molar refractivity (Wildman–Crippen MR) is 128 cm³/mol. The summed E-state index contributed by atoms with van der Waals surface area (Å²) < 4.78 is 17.2. The van der Waals surface area contributed by atoms with Crippen LogP contribution < -0.4 is 0 Å². The summed E-state index contributed by atoms with van der Waals surface area (Å²) in [5, 5.41) is 0. The fourth-order valence-electron chi connectivity index (χ4n) is 4.74. The van der Waals surface area contributed by atoms with E-state index in [2.05, 4.69) is 16.9 Å². The van der Waals surface area contributed by atoms with Crippen molar-refractivity contribution < 1.29 is 19.0 Å². The molecule has 176 valence electrons. The van der Waals surface area contributed by atoms with Gasteiger partial charge in [0.2, 0.25) is 5.90 Å². The SMILES string of the molecule is COC[C@@H](CC(=O)Cc1cc2c(cn1)C(OC1CCC(C)(OC)CC1)=NC2)c1ccccc1. The van der Waals surface area contributed by atoms with Gasteiger partial charge < -0.3 is 14.2 Å². The van der Waals surface area contributed by atoms with E-state index >= 15 is 0 Å². The molecule has 1 aromatic heterocycles. The molecule has 1 saturated carbocycles. The summed E-state index contributed by atoms with van der Waals surface area (Å²) in [4.78, 5) is 22.0. The summed E-state index contributed by atoms with van der Waals surface area (Å²) in [6.07, 6.45) is 6.62. The molecule has 0 bridgehead atoms. The van der Waals surface area contributed by atoms with Gasteiger partial charge >= 0.3 is 0 Å². The number of aliphatic imine (C=N–C) groups is 1. The Morgan fingerprint density at radius 1 is 1.18 bits per heavy atom. The van der Waals surface area contributed by atoms with E-state index in [0.717, 1.165) is 48.1 Å². The minimum Gasteiger partial charge on any atom is -0.474 e. The van der Waals surface area contributed by atoms with E-state index in [1.54, 1.807) is 14.2 Å². The van der Waals surface area contributed by atoms with Crippen LogP contribution in [0, 0.1) is 0 Å². The molecule has 1 fully saturated rings. The largest absolute Gasteiger partial charge is 0.474 e. The smallest absolute Gasteiger partial charge is 0.218 e. The van der Waals surface area contributed by atoms with Crippen molar-refractivity contribution in [3.05, 3.63) is 65.0 Å². The van der Waals surface area contributed by atoms with E-state index < -0.39 is 0 Å². The van der Waals surface area contributed by atoms with E-state index in [9.17, 15) is 4.79 Å². The number of hydrogen-bond donors (Lipinski definition) is 0. The predicted octanol–water partition coefficient (Wildman–Crippen LogP) is 4.64. The number of fused-ring (bicyclic) bond motifs is 1. The number of pyridine rings is 1. The Morgan fingerprint density at radius 2 is 1.94 bits per heavy atom. The van der Waals surface area contributed by atoms with Crippen LogP contribution in [0.2, 0.25) is 0 Å². The van der Waals surface area contributed by atoms with Crippen molar-refractivity contribution in [1.82, 2.24) is 4.98 Å². The third-order valence-corrected chi connectivity index (χ3v) is 6.92. The van der Waals surface area contributed by atoms with Crippen molar-refractivity contribution in [3.63, 3.8) is 0 Å². The number of aromatic nitrogens is 1. The van der Waals surface area contributed by atoms with E-state index in [1.807, 2.05) is 42.6 Å². The van der Waals surface area contributed by atoms with Crippen LogP contribution in [-0.2, 0) is 32.0 Å². The third kappa shape index (κ3) is 5.87. The van der Waals surface area contributed by atoms with E-state index in [1.165, 1.54) is 0 Å². The lowest BCUT2D eigenvalue weighted by atomic mass is 9.84. The van der Waals surface area contributed by atoms with Crippen LogP contribution in [0.3, 0.4) is 0 Å². The molecule has 33 heavy (non-hydrogen) atoms. The zero-order valence-corrected chi connectivity index (χ0v) is 19.9. The first kappa shape index (κ1) is 23.6. The summed E-state index contributed by atoms with van der Waals surface area (Å²) in [7, 11) is 3.46. The van der Waals surface area contributed by atoms with Gasteiger partial charge in [-0.05, 0) is 49.8 Å². The molecular weight excluding hydrogens is 416 g/mol. The van der Waals surface area contributed by atoms with Gasteiger partial charge in [-0.25, -0.2) is 4.99 Å². The molecule has 1 aliphatic heterocycles. The Balaban J connectivity index is 1.34. The number of ketones is 1. The Kier molecular flexibility index (Phi) is 7.56. The number of carbonyl (C=O) groups is 1. The van der Waals surface area contributed by atoms with Gasteiger partial charge in [0, 0.05) is 44.9 Å². The number of hydrogen-bond acceptors (Lipinski definition) is 6. The molecule has 2 aliphatic rings. The molecule has 0 N–H and O–H groups in total. The number of Topliss-reactive ketones (excluding diaryl/α,β-unsaturated/α-hetero) is 1. The first-order valence-electron chi connectivity index (χ1n) is 11.8. The van der Waals surface area contributed by atoms with E-state index in [-0.39, 0.29) is 23.4 Å². The molecule has 1 aliphatic carbocycles. The van der Waals surface area contributed by atoms with Crippen LogP contribution in [0.4, 0.5) is 0 Å². The second kappa shape index (κ2) is 10.6. The third-order valence-electron chi connectivity index (χ3n) is 6.92. The zero-order chi connectivity index (χ0) is 23.3. The van der Waals surface area contributed by atoms with E-state index in [4.69, 9.17) is 14.2 Å². The zero-order valence-electron chi connectivity index (χ0n) is 19.9. The highest BCUT2D eigenvalue weighted by Gasteiger charge is 2.33. The minimum atomic E-state index is -0.0407. The summed E-state index contributed by atoms with van der Waals surface area (Å²) in [6, 6.07) is 12.1. The Bertz CT molecular complexity index is 981. The fourth-order valence-corrected chi connectivity index (χ4v) is 4.74. The lowest BCUT2D eigenvalue weighted by Gasteiger charge is -2.36. The van der Waals surface area contributed by atoms with E-state index in [0.29, 0.717) is 31.9 Å². The molecule has 2 aromatic rings. The summed E-state index contributed by atoms with van der Waals surface area (Å²) in [5.41, 5.74) is 3.90. The van der Waals surface area contributed by atoms with Crippen molar-refractivity contribution in [2.24, 2.45) is 4.99 Å². The minimum absolute atomic E-state index is 0.0407. The molecule has 0 amide bonds. The average Bonchev–Trinajstić information content (AvgIpc) is 3.23. The summed E-state index contributed by atoms with van der Waals surface area (Å²) in [6.45, 7) is 3.26.